The molecular weight excluding hydrogens is 188 g/mol. The second-order valence-electron chi connectivity index (χ2n) is 4.78. The minimum Gasteiger partial charge on any atom is -0.300 e. The molecule has 0 aromatic heterocycles. The molecule has 0 amide bonds. The fraction of sp³-hybridized carbons (Fsp3) is 0.917. The molecular formula is C12H20N2O. The van der Waals surface area contributed by atoms with Crippen LogP contribution in [-0.4, -0.2) is 36.2 Å². The van der Waals surface area contributed by atoms with Gasteiger partial charge in [-0.1, -0.05) is 19.3 Å². The summed E-state index contributed by atoms with van der Waals surface area (Å²) < 4.78 is 0. The molecule has 0 spiro atoms. The van der Waals surface area contributed by atoms with Gasteiger partial charge in [0.25, 0.3) is 0 Å². The van der Waals surface area contributed by atoms with Crippen LogP contribution in [0.15, 0.2) is 4.99 Å². The highest BCUT2D eigenvalue weighted by Gasteiger charge is 2.25. The van der Waals surface area contributed by atoms with Crippen molar-refractivity contribution in [1.29, 1.82) is 0 Å². The Bertz CT molecular complexity index is 234. The third-order valence-electron chi connectivity index (χ3n) is 3.83. The number of isocyanates is 1. The van der Waals surface area contributed by atoms with Crippen LogP contribution in [0.1, 0.15) is 44.9 Å². The lowest BCUT2D eigenvalue weighted by atomic mass is 9.92. The number of aliphatic imine (C=N–C) groups is 1. The standard InChI is InChI=1S/C12H20N2O/c15-10-13-11-6-8-14(9-7-11)12-4-2-1-3-5-12/h11-12H,1-9H2. The molecule has 0 aromatic carbocycles. The van der Waals surface area contributed by atoms with Crippen molar-refractivity contribution in [3.05, 3.63) is 0 Å². The van der Waals surface area contributed by atoms with E-state index in [1.165, 1.54) is 32.1 Å². The molecule has 0 unspecified atom stereocenters. The predicted octanol–water partition coefficient (Wildman–Crippen LogP) is 2.12. The molecule has 0 bridgehead atoms. The van der Waals surface area contributed by atoms with E-state index in [1.807, 2.05) is 0 Å². The monoisotopic (exact) mass is 208 g/mol. The maximum Gasteiger partial charge on any atom is 0.235 e. The summed E-state index contributed by atoms with van der Waals surface area (Å²) in [6, 6.07) is 1.07. The van der Waals surface area contributed by atoms with Gasteiger partial charge in [-0.3, -0.25) is 0 Å². The largest absolute Gasteiger partial charge is 0.300 e. The molecule has 2 aliphatic rings. The average molecular weight is 208 g/mol. The fourth-order valence-corrected chi connectivity index (χ4v) is 2.90. The lowest BCUT2D eigenvalue weighted by Crippen LogP contribution is -2.43. The van der Waals surface area contributed by atoms with Gasteiger partial charge in [0.15, 0.2) is 0 Å². The smallest absolute Gasteiger partial charge is 0.235 e. The summed E-state index contributed by atoms with van der Waals surface area (Å²) in [7, 11) is 0. The Morgan fingerprint density at radius 2 is 1.67 bits per heavy atom. The fourth-order valence-electron chi connectivity index (χ4n) is 2.90. The van der Waals surface area contributed by atoms with E-state index in [0.717, 1.165) is 32.0 Å². The van der Waals surface area contributed by atoms with Crippen molar-refractivity contribution in [3.63, 3.8) is 0 Å². The van der Waals surface area contributed by atoms with Crippen LogP contribution in [0.25, 0.3) is 0 Å². The third-order valence-corrected chi connectivity index (χ3v) is 3.83. The molecule has 0 aromatic rings. The Labute approximate surface area is 91.6 Å². The summed E-state index contributed by atoms with van der Waals surface area (Å²) in [5, 5.41) is 0. The maximum atomic E-state index is 10.2. The summed E-state index contributed by atoms with van der Waals surface area (Å²) in [6.45, 7) is 2.25. The van der Waals surface area contributed by atoms with E-state index in [1.54, 1.807) is 6.08 Å². The quantitative estimate of drug-likeness (QED) is 0.514. The maximum absolute atomic E-state index is 10.2. The first-order valence-electron chi connectivity index (χ1n) is 6.21. The van der Waals surface area contributed by atoms with Crippen molar-refractivity contribution >= 4 is 6.08 Å². The van der Waals surface area contributed by atoms with E-state index in [0.29, 0.717) is 0 Å². The van der Waals surface area contributed by atoms with Crippen LogP contribution < -0.4 is 0 Å². The molecule has 1 saturated carbocycles. The van der Waals surface area contributed by atoms with Crippen molar-refractivity contribution in [2.75, 3.05) is 13.1 Å². The van der Waals surface area contributed by atoms with Crippen molar-refractivity contribution in [2.24, 2.45) is 4.99 Å². The molecule has 0 atom stereocenters. The molecule has 1 heterocycles. The summed E-state index contributed by atoms with van der Waals surface area (Å²) in [5.41, 5.74) is 0. The Kier molecular flexibility index (Phi) is 3.93. The number of hydrogen-bond donors (Lipinski definition) is 0. The molecule has 15 heavy (non-hydrogen) atoms. The highest BCUT2D eigenvalue weighted by atomic mass is 16.1. The van der Waals surface area contributed by atoms with Gasteiger partial charge in [-0.05, 0) is 25.7 Å². The molecule has 1 aliphatic carbocycles. The molecule has 0 radical (unpaired) electrons. The second-order valence-corrected chi connectivity index (χ2v) is 4.78. The highest BCUT2D eigenvalue weighted by molar-refractivity contribution is 5.33. The molecule has 1 aliphatic heterocycles. The number of rotatable bonds is 2. The van der Waals surface area contributed by atoms with E-state index in [-0.39, 0.29) is 6.04 Å². The molecule has 3 nitrogen and oxygen atoms in total. The zero-order valence-corrected chi connectivity index (χ0v) is 9.32. The van der Waals surface area contributed by atoms with Crippen molar-refractivity contribution in [1.82, 2.24) is 4.90 Å². The van der Waals surface area contributed by atoms with Crippen LogP contribution in [0.4, 0.5) is 0 Å². The van der Waals surface area contributed by atoms with Gasteiger partial charge in [0.2, 0.25) is 6.08 Å². The Hall–Kier alpha value is -0.660. The zero-order chi connectivity index (χ0) is 10.5. The lowest BCUT2D eigenvalue weighted by Gasteiger charge is -2.38. The normalized spacial score (nSPS) is 26.1. The van der Waals surface area contributed by atoms with Crippen LogP contribution in [0.2, 0.25) is 0 Å². The lowest BCUT2D eigenvalue weighted by molar-refractivity contribution is 0.123. The van der Waals surface area contributed by atoms with Crippen LogP contribution in [0.3, 0.4) is 0 Å². The SMILES string of the molecule is O=C=NC1CCN(C2CCCCC2)CC1. The first kappa shape index (κ1) is 10.8. The first-order valence-corrected chi connectivity index (χ1v) is 6.21. The van der Waals surface area contributed by atoms with Gasteiger partial charge in [-0.2, -0.15) is 0 Å². The van der Waals surface area contributed by atoms with E-state index < -0.39 is 0 Å². The van der Waals surface area contributed by atoms with E-state index in [4.69, 9.17) is 0 Å². The number of nitrogens with zero attached hydrogens (tertiary/aromatic N) is 2. The average Bonchev–Trinajstić information content (AvgIpc) is 2.32. The topological polar surface area (TPSA) is 32.7 Å². The van der Waals surface area contributed by atoms with Crippen LogP contribution >= 0.6 is 0 Å². The summed E-state index contributed by atoms with van der Waals surface area (Å²) in [6.07, 6.45) is 10.8. The number of carbonyl (C=O) groups excluding carboxylic acids is 1. The Morgan fingerprint density at radius 3 is 2.27 bits per heavy atom. The van der Waals surface area contributed by atoms with Crippen LogP contribution in [-0.2, 0) is 4.79 Å². The van der Waals surface area contributed by atoms with Gasteiger partial charge in [-0.25, -0.2) is 9.79 Å². The first-order chi connectivity index (χ1) is 7.40. The van der Waals surface area contributed by atoms with Gasteiger partial charge in [-0.15, -0.1) is 0 Å². The molecule has 84 valence electrons. The molecule has 2 rings (SSSR count). The minimum absolute atomic E-state index is 0.252. The van der Waals surface area contributed by atoms with Crippen LogP contribution in [0.5, 0.6) is 0 Å². The van der Waals surface area contributed by atoms with E-state index >= 15 is 0 Å². The number of piperidine rings is 1. The Morgan fingerprint density at radius 1 is 1.00 bits per heavy atom. The highest BCUT2D eigenvalue weighted by Crippen LogP contribution is 2.25. The summed E-state index contributed by atoms with van der Waals surface area (Å²) >= 11 is 0. The molecule has 1 saturated heterocycles. The molecule has 0 N–H and O–H groups in total. The number of likely N-dealkylation sites (tertiary alicyclic amines) is 1. The van der Waals surface area contributed by atoms with Crippen LogP contribution in [0, 0.1) is 0 Å². The van der Waals surface area contributed by atoms with E-state index in [9.17, 15) is 4.79 Å². The van der Waals surface area contributed by atoms with Crippen molar-refractivity contribution in [3.8, 4) is 0 Å². The summed E-state index contributed by atoms with van der Waals surface area (Å²) in [5.74, 6) is 0. The molecule has 3 heteroatoms. The zero-order valence-electron chi connectivity index (χ0n) is 9.32. The van der Waals surface area contributed by atoms with Gasteiger partial charge in [0, 0.05) is 19.1 Å². The summed E-state index contributed by atoms with van der Waals surface area (Å²) in [4.78, 5) is 16.6. The van der Waals surface area contributed by atoms with Gasteiger partial charge < -0.3 is 4.90 Å². The number of hydrogen-bond acceptors (Lipinski definition) is 3. The molecule has 2 fully saturated rings. The Balaban J connectivity index is 1.79. The third kappa shape index (κ3) is 2.90. The van der Waals surface area contributed by atoms with Gasteiger partial charge >= 0.3 is 0 Å². The van der Waals surface area contributed by atoms with Gasteiger partial charge in [0.1, 0.15) is 0 Å². The van der Waals surface area contributed by atoms with Crippen molar-refractivity contribution < 1.29 is 4.79 Å². The van der Waals surface area contributed by atoms with E-state index in [2.05, 4.69) is 9.89 Å². The second kappa shape index (κ2) is 5.43. The van der Waals surface area contributed by atoms with Crippen molar-refractivity contribution in [2.45, 2.75) is 57.0 Å². The van der Waals surface area contributed by atoms with Gasteiger partial charge in [0.05, 0.1) is 6.04 Å². The minimum atomic E-state index is 0.252. The predicted molar refractivity (Wildman–Crippen MR) is 59.6 cm³/mol.